The maximum Gasteiger partial charge on any atom is 0.344 e. The molecule has 0 amide bonds. The fourth-order valence-electron chi connectivity index (χ4n) is 2.55. The number of benzene rings is 2. The number of unbranched alkanes of at least 4 members (excludes halogenated alkanes) is 4. The minimum atomic E-state index is -0.754. The molecule has 7 heteroatoms. The normalized spacial score (nSPS) is 10.6. The van der Waals surface area contributed by atoms with Gasteiger partial charge in [-0.15, -0.1) is 0 Å². The van der Waals surface area contributed by atoms with E-state index < -0.39 is 11.9 Å². The fraction of sp³-hybridized carbons (Fsp3) is 0.333. The predicted molar refractivity (Wildman–Crippen MR) is 112 cm³/mol. The van der Waals surface area contributed by atoms with Crippen LogP contribution in [0.5, 0.6) is 5.75 Å². The Kier molecular flexibility index (Phi) is 9.10. The van der Waals surface area contributed by atoms with Gasteiger partial charge in [0.05, 0.1) is 22.8 Å². The number of hydrogen-bond donors (Lipinski definition) is 0. The van der Waals surface area contributed by atoms with Gasteiger partial charge in [0.2, 0.25) is 0 Å². The van der Waals surface area contributed by atoms with Crippen LogP contribution in [0, 0.1) is 0 Å². The molecule has 0 fully saturated rings. The van der Waals surface area contributed by atoms with E-state index in [1.165, 1.54) is 30.7 Å². The largest absolute Gasteiger partial charge is 0.462 e. The summed E-state index contributed by atoms with van der Waals surface area (Å²) < 4.78 is 10.6. The molecule has 0 radical (unpaired) electrons. The number of ether oxygens (including phenoxy) is 2. The standard InChI is InChI=1S/C21H21Cl3O4/c1-2-3-4-5-8-11-27-20(25)15-9-6-7-10-16(15)21(26)28-18-13-14(22)12-17(23)19(18)24/h6-7,9-10,12-13H,2-5,8,11H2,1H3. The van der Waals surface area contributed by atoms with E-state index in [4.69, 9.17) is 44.3 Å². The molecule has 4 nitrogen and oxygen atoms in total. The second-order valence-electron chi connectivity index (χ2n) is 6.18. The highest BCUT2D eigenvalue weighted by Crippen LogP contribution is 2.35. The summed E-state index contributed by atoms with van der Waals surface area (Å²) in [6.45, 7) is 2.45. The Hall–Kier alpha value is -1.75. The van der Waals surface area contributed by atoms with E-state index in [-0.39, 0.29) is 31.9 Å². The monoisotopic (exact) mass is 442 g/mol. The van der Waals surface area contributed by atoms with Crippen LogP contribution in [0.4, 0.5) is 0 Å². The molecule has 2 aromatic carbocycles. The van der Waals surface area contributed by atoms with Gasteiger partial charge in [-0.05, 0) is 24.6 Å². The van der Waals surface area contributed by atoms with Gasteiger partial charge in [0.1, 0.15) is 5.02 Å². The highest BCUT2D eigenvalue weighted by Gasteiger charge is 2.21. The minimum absolute atomic E-state index is 0.0169. The third-order valence-corrected chi connectivity index (χ3v) is 5.01. The van der Waals surface area contributed by atoms with E-state index >= 15 is 0 Å². The molecule has 0 aliphatic heterocycles. The van der Waals surface area contributed by atoms with Crippen LogP contribution in [0.1, 0.15) is 59.7 Å². The molecule has 0 bridgehead atoms. The molecule has 0 aromatic heterocycles. The second-order valence-corrected chi connectivity index (χ2v) is 7.41. The lowest BCUT2D eigenvalue weighted by Crippen LogP contribution is -2.16. The Morgan fingerprint density at radius 2 is 1.54 bits per heavy atom. The zero-order valence-electron chi connectivity index (χ0n) is 15.5. The van der Waals surface area contributed by atoms with Crippen LogP contribution in [-0.4, -0.2) is 18.5 Å². The Morgan fingerprint density at radius 1 is 0.893 bits per heavy atom. The number of esters is 2. The fourth-order valence-corrected chi connectivity index (χ4v) is 3.17. The molecule has 0 aliphatic carbocycles. The van der Waals surface area contributed by atoms with E-state index in [1.807, 2.05) is 0 Å². The van der Waals surface area contributed by atoms with Crippen molar-refractivity contribution in [3.63, 3.8) is 0 Å². The molecule has 0 heterocycles. The van der Waals surface area contributed by atoms with Crippen molar-refractivity contribution in [3.8, 4) is 5.75 Å². The zero-order valence-corrected chi connectivity index (χ0v) is 17.7. The van der Waals surface area contributed by atoms with E-state index in [2.05, 4.69) is 6.92 Å². The quantitative estimate of drug-likeness (QED) is 0.181. The van der Waals surface area contributed by atoms with Crippen molar-refractivity contribution >= 4 is 46.7 Å². The smallest absolute Gasteiger partial charge is 0.344 e. The van der Waals surface area contributed by atoms with Gasteiger partial charge in [-0.25, -0.2) is 9.59 Å². The minimum Gasteiger partial charge on any atom is -0.462 e. The lowest BCUT2D eigenvalue weighted by Gasteiger charge is -2.11. The van der Waals surface area contributed by atoms with E-state index in [9.17, 15) is 9.59 Å². The number of carbonyl (C=O) groups excluding carboxylic acids is 2. The second kappa shape index (κ2) is 11.3. The van der Waals surface area contributed by atoms with Crippen molar-refractivity contribution < 1.29 is 19.1 Å². The van der Waals surface area contributed by atoms with E-state index in [0.29, 0.717) is 6.61 Å². The van der Waals surface area contributed by atoms with Crippen LogP contribution in [-0.2, 0) is 4.74 Å². The summed E-state index contributed by atoms with van der Waals surface area (Å²) in [5, 5.41) is 0.493. The van der Waals surface area contributed by atoms with Gasteiger partial charge in [-0.2, -0.15) is 0 Å². The van der Waals surface area contributed by atoms with Crippen LogP contribution < -0.4 is 4.74 Å². The van der Waals surface area contributed by atoms with Crippen LogP contribution in [0.3, 0.4) is 0 Å². The maximum absolute atomic E-state index is 12.6. The first-order valence-electron chi connectivity index (χ1n) is 9.07. The molecule has 2 aromatic rings. The van der Waals surface area contributed by atoms with Crippen molar-refractivity contribution in [3.05, 3.63) is 62.6 Å². The van der Waals surface area contributed by atoms with Crippen molar-refractivity contribution in [2.45, 2.75) is 39.0 Å². The summed E-state index contributed by atoms with van der Waals surface area (Å²) in [5.41, 5.74) is 0.205. The Morgan fingerprint density at radius 3 is 2.21 bits per heavy atom. The topological polar surface area (TPSA) is 52.6 Å². The summed E-state index contributed by atoms with van der Waals surface area (Å²) in [6.07, 6.45) is 5.21. The Bertz CT molecular complexity index is 836. The molecule has 0 spiro atoms. The molecule has 0 N–H and O–H groups in total. The van der Waals surface area contributed by atoms with E-state index in [1.54, 1.807) is 12.1 Å². The third-order valence-electron chi connectivity index (χ3n) is 4.01. The van der Waals surface area contributed by atoms with Crippen LogP contribution in [0.15, 0.2) is 36.4 Å². The predicted octanol–water partition coefficient (Wildman–Crippen LogP) is 6.99. The van der Waals surface area contributed by atoms with Gasteiger partial charge in [-0.1, -0.05) is 79.5 Å². The number of rotatable bonds is 9. The first kappa shape index (κ1) is 22.5. The highest BCUT2D eigenvalue weighted by atomic mass is 35.5. The molecule has 0 aliphatic rings. The Labute approximate surface area is 179 Å². The molecule has 0 unspecified atom stereocenters. The Balaban J connectivity index is 2.06. The first-order chi connectivity index (χ1) is 13.4. The van der Waals surface area contributed by atoms with Gasteiger partial charge in [0.15, 0.2) is 5.75 Å². The third kappa shape index (κ3) is 6.40. The molecule has 0 atom stereocenters. The van der Waals surface area contributed by atoms with Gasteiger partial charge in [0.25, 0.3) is 0 Å². The highest BCUT2D eigenvalue weighted by molar-refractivity contribution is 6.44. The number of hydrogen-bond acceptors (Lipinski definition) is 4. The van der Waals surface area contributed by atoms with Gasteiger partial charge in [-0.3, -0.25) is 0 Å². The van der Waals surface area contributed by atoms with Gasteiger partial charge < -0.3 is 9.47 Å². The van der Waals surface area contributed by atoms with Crippen molar-refractivity contribution in [2.75, 3.05) is 6.61 Å². The van der Waals surface area contributed by atoms with Crippen molar-refractivity contribution in [1.82, 2.24) is 0 Å². The van der Waals surface area contributed by atoms with Gasteiger partial charge >= 0.3 is 11.9 Å². The number of carbonyl (C=O) groups is 2. The van der Waals surface area contributed by atoms with Crippen LogP contribution >= 0.6 is 34.8 Å². The average Bonchev–Trinajstić information content (AvgIpc) is 2.68. The molecular weight excluding hydrogens is 423 g/mol. The lowest BCUT2D eigenvalue weighted by molar-refractivity contribution is 0.0489. The molecule has 0 saturated heterocycles. The first-order valence-corrected chi connectivity index (χ1v) is 10.2. The maximum atomic E-state index is 12.6. The average molecular weight is 444 g/mol. The molecule has 2 rings (SSSR count). The molecule has 150 valence electrons. The van der Waals surface area contributed by atoms with Crippen LogP contribution in [0.2, 0.25) is 15.1 Å². The van der Waals surface area contributed by atoms with Gasteiger partial charge in [0, 0.05) is 11.1 Å². The molecular formula is C21H21Cl3O4. The lowest BCUT2D eigenvalue weighted by atomic mass is 10.1. The summed E-state index contributed by atoms with van der Waals surface area (Å²) in [7, 11) is 0. The summed E-state index contributed by atoms with van der Waals surface area (Å²) in [6, 6.07) is 9.10. The van der Waals surface area contributed by atoms with Crippen molar-refractivity contribution in [2.24, 2.45) is 0 Å². The summed E-state index contributed by atoms with van der Waals surface area (Å²) in [4.78, 5) is 25.0. The van der Waals surface area contributed by atoms with Crippen molar-refractivity contribution in [1.29, 1.82) is 0 Å². The molecule has 28 heavy (non-hydrogen) atoms. The summed E-state index contributed by atoms with van der Waals surface area (Å²) in [5.74, 6) is -1.31. The molecule has 0 saturated carbocycles. The summed E-state index contributed by atoms with van der Waals surface area (Å²) >= 11 is 17.9. The number of halogens is 3. The SMILES string of the molecule is CCCCCCCOC(=O)c1ccccc1C(=O)Oc1cc(Cl)cc(Cl)c1Cl. The zero-order chi connectivity index (χ0) is 20.5. The van der Waals surface area contributed by atoms with E-state index in [0.717, 1.165) is 25.7 Å². The van der Waals surface area contributed by atoms with Crippen LogP contribution in [0.25, 0.3) is 0 Å².